The molecule has 0 unspecified atom stereocenters. The molecule has 0 aromatic heterocycles. The van der Waals surface area contributed by atoms with Gasteiger partial charge in [0.1, 0.15) is 0 Å². The summed E-state index contributed by atoms with van der Waals surface area (Å²) in [7, 11) is 0. The molecular weight excluding hydrogens is 486 g/mol. The van der Waals surface area contributed by atoms with E-state index in [9.17, 15) is 0 Å². The predicted molar refractivity (Wildman–Crippen MR) is 120 cm³/mol. The summed E-state index contributed by atoms with van der Waals surface area (Å²) in [4.78, 5) is 0. The number of fused-ring (bicyclic) bond motifs is 3. The summed E-state index contributed by atoms with van der Waals surface area (Å²) < 4.78 is 2.37. The number of benzene rings is 2. The van der Waals surface area contributed by atoms with Gasteiger partial charge in [-0.3, -0.25) is 0 Å². The molecule has 160 valence electrons. The van der Waals surface area contributed by atoms with E-state index in [1.54, 1.807) is 14.4 Å². The first kappa shape index (κ1) is 27.4. The molecule has 0 radical (unpaired) electrons. The van der Waals surface area contributed by atoms with Gasteiger partial charge in [-0.1, -0.05) is 7.43 Å². The first-order valence-electron chi connectivity index (χ1n) is 10.1. The Labute approximate surface area is 208 Å². The summed E-state index contributed by atoms with van der Waals surface area (Å²) in [5.74, 6) is 0. The smallest absolute Gasteiger partial charge is 1.00 e. The molecule has 0 spiro atoms. The molecule has 30 heavy (non-hydrogen) atoms. The van der Waals surface area contributed by atoms with Crippen LogP contribution in [-0.2, 0) is 34.1 Å². The fourth-order valence-corrected chi connectivity index (χ4v) is 7.99. The Kier molecular flexibility index (Phi) is 9.04. The second-order valence-corrected chi connectivity index (χ2v) is 13.7. The minimum atomic E-state index is -0.712. The Morgan fingerprint density at radius 1 is 0.767 bits per heavy atom. The largest absolute Gasteiger partial charge is 1.00 e. The van der Waals surface area contributed by atoms with E-state index in [0.717, 1.165) is 0 Å². The van der Waals surface area contributed by atoms with Gasteiger partial charge in [0.05, 0.1) is 0 Å². The third-order valence-electron chi connectivity index (χ3n) is 5.85. The maximum atomic E-state index is 2.53. The van der Waals surface area contributed by atoms with Gasteiger partial charge in [-0.05, 0) is 0 Å². The topological polar surface area (TPSA) is 0 Å². The monoisotopic (exact) mass is 518 g/mol. The molecule has 0 saturated heterocycles. The normalized spacial score (nSPS) is 14.5. The number of allylic oxidation sites excluding steroid dienone is 4. The van der Waals surface area contributed by atoms with Crippen LogP contribution in [0.2, 0.25) is 0 Å². The Balaban J connectivity index is 0.00000150. The predicted octanol–water partition coefficient (Wildman–Crippen LogP) is 1.92. The molecule has 2 aromatic rings. The molecule has 2 aromatic carbocycles. The number of halogens is 2. The summed E-state index contributed by atoms with van der Waals surface area (Å²) in [6.45, 7) is 14.0. The quantitative estimate of drug-likeness (QED) is 0.568. The van der Waals surface area contributed by atoms with E-state index in [2.05, 4.69) is 96.2 Å². The van der Waals surface area contributed by atoms with Crippen LogP contribution in [0.3, 0.4) is 0 Å². The number of rotatable bonds is 2. The van der Waals surface area contributed by atoms with Gasteiger partial charge >= 0.3 is 177 Å². The van der Waals surface area contributed by atoms with Crippen LogP contribution in [0.5, 0.6) is 0 Å². The van der Waals surface area contributed by atoms with Gasteiger partial charge in [0, 0.05) is 0 Å². The summed E-state index contributed by atoms with van der Waals surface area (Å²) in [5, 5.41) is 0. The molecule has 3 heteroatoms. The van der Waals surface area contributed by atoms with E-state index in [1.807, 2.05) is 0 Å². The molecule has 2 aliphatic carbocycles. The van der Waals surface area contributed by atoms with Crippen LogP contribution in [0.1, 0.15) is 81.3 Å². The number of hydrogen-bond donors (Lipinski definition) is 0. The summed E-state index contributed by atoms with van der Waals surface area (Å²) in [5.41, 5.74) is 9.49. The van der Waals surface area contributed by atoms with Gasteiger partial charge in [-0.15, -0.1) is 0 Å². The molecule has 0 saturated carbocycles. The molecule has 0 atom stereocenters. The van der Waals surface area contributed by atoms with E-state index in [4.69, 9.17) is 0 Å². The van der Waals surface area contributed by atoms with Crippen molar-refractivity contribution in [3.05, 3.63) is 80.2 Å². The van der Waals surface area contributed by atoms with Crippen LogP contribution in [0, 0.1) is 0 Å². The molecule has 0 amide bonds. The molecule has 0 nitrogen and oxygen atoms in total. The first-order valence-corrected chi connectivity index (χ1v) is 12.7. The minimum Gasteiger partial charge on any atom is -1.00 e. The first-order chi connectivity index (χ1) is 12.6. The van der Waals surface area contributed by atoms with Crippen molar-refractivity contribution in [3.8, 4) is 11.1 Å². The van der Waals surface area contributed by atoms with E-state index >= 15 is 0 Å². The molecule has 2 aliphatic rings. The zero-order valence-corrected chi connectivity index (χ0v) is 22.2. The van der Waals surface area contributed by atoms with Gasteiger partial charge in [0.2, 0.25) is 0 Å². The van der Waals surface area contributed by atoms with Crippen LogP contribution in [-0.4, -0.2) is 0 Å². The van der Waals surface area contributed by atoms with Crippen LogP contribution >= 0.6 is 0 Å². The molecular formula is C27H34Cl2Zr. The summed E-state index contributed by atoms with van der Waals surface area (Å²) in [6, 6.07) is 14.5. The van der Waals surface area contributed by atoms with Crippen molar-refractivity contribution in [1.82, 2.24) is 0 Å². The Hall–Kier alpha value is -0.617. The van der Waals surface area contributed by atoms with E-state index in [1.165, 1.54) is 28.7 Å². The maximum Gasteiger partial charge on any atom is -1.00 e. The van der Waals surface area contributed by atoms with E-state index in [-0.39, 0.29) is 43.1 Å². The van der Waals surface area contributed by atoms with Gasteiger partial charge in [-0.2, -0.15) is 0 Å². The fraction of sp³-hybridized carbons (Fsp3) is 0.407. The van der Waals surface area contributed by atoms with Gasteiger partial charge < -0.3 is 24.8 Å². The molecule has 0 bridgehead atoms. The second kappa shape index (κ2) is 9.89. The van der Waals surface area contributed by atoms with Gasteiger partial charge in [-0.25, -0.2) is 0 Å². The third kappa shape index (κ3) is 5.23. The van der Waals surface area contributed by atoms with Crippen LogP contribution in [0.4, 0.5) is 0 Å². The zero-order chi connectivity index (χ0) is 19.4. The van der Waals surface area contributed by atoms with Crippen LogP contribution in [0.25, 0.3) is 11.1 Å². The average Bonchev–Trinajstić information content (AvgIpc) is 3.20. The molecule has 0 fully saturated rings. The van der Waals surface area contributed by atoms with Crippen molar-refractivity contribution >= 4 is 0 Å². The average molecular weight is 521 g/mol. The Bertz CT molecular complexity index is 892. The van der Waals surface area contributed by atoms with Crippen molar-refractivity contribution < 1.29 is 48.0 Å². The van der Waals surface area contributed by atoms with E-state index in [0.29, 0.717) is 3.63 Å². The van der Waals surface area contributed by atoms with E-state index < -0.39 is 23.2 Å². The molecule has 0 N–H and O–H groups in total. The minimum absolute atomic E-state index is 0. The summed E-state index contributed by atoms with van der Waals surface area (Å²) >= 11 is -0.712. The fourth-order valence-electron chi connectivity index (χ4n) is 4.09. The van der Waals surface area contributed by atoms with Crippen molar-refractivity contribution in [2.75, 3.05) is 0 Å². The Morgan fingerprint density at radius 2 is 1.23 bits per heavy atom. The van der Waals surface area contributed by atoms with Crippen molar-refractivity contribution in [2.24, 2.45) is 0 Å². The molecule has 0 aliphatic heterocycles. The standard InChI is InChI=1S/C21H25.C5H5.CH4.2ClH.Zr/c1-20(2,3)16-7-9-18-14(12-16)11-15-13-17(21(4,5)6)8-10-19(15)18;1-2-4-5-3-1;;;;/h7-13H,1-6H3;1-3H,4H2;1H4;2*1H;/q;;;;;+2/p-2. The van der Waals surface area contributed by atoms with Crippen LogP contribution in [0.15, 0.2) is 57.9 Å². The van der Waals surface area contributed by atoms with Crippen molar-refractivity contribution in [2.45, 2.75) is 69.8 Å². The van der Waals surface area contributed by atoms with Gasteiger partial charge in [0.25, 0.3) is 0 Å². The second-order valence-electron chi connectivity index (χ2n) is 10.0. The summed E-state index contributed by atoms with van der Waals surface area (Å²) in [6.07, 6.45) is 8.16. The zero-order valence-electron chi connectivity index (χ0n) is 18.2. The van der Waals surface area contributed by atoms with Crippen LogP contribution < -0.4 is 24.8 Å². The SMILES string of the molecule is C.CC(C)(C)c1ccc2c(c1)[CH]([Zr+2][C]1=CC=CC1)c1cc(C(C)(C)C)ccc1-2.[Cl-].[Cl-]. The van der Waals surface area contributed by atoms with Crippen molar-refractivity contribution in [3.63, 3.8) is 0 Å². The number of hydrogen-bond acceptors (Lipinski definition) is 0. The Morgan fingerprint density at radius 3 is 1.60 bits per heavy atom. The maximum absolute atomic E-state index is 2.53. The molecule has 0 heterocycles. The van der Waals surface area contributed by atoms with Gasteiger partial charge in [0.15, 0.2) is 0 Å². The third-order valence-corrected chi connectivity index (χ3v) is 9.91. The van der Waals surface area contributed by atoms with Crippen molar-refractivity contribution in [1.29, 1.82) is 0 Å². The molecule has 4 rings (SSSR count).